The first-order valence-electron chi connectivity index (χ1n) is 9.13. The third-order valence-corrected chi connectivity index (χ3v) is 6.27. The van der Waals surface area contributed by atoms with E-state index in [1.165, 1.54) is 16.7 Å². The SMILES string of the molecule is CN=C(NCCc1cc(C)cc(C)c1)NC1CCN(S(=O)(=O)C(F)(F)F)CC1.I. The van der Waals surface area contributed by atoms with Crippen LogP contribution in [0.15, 0.2) is 23.2 Å². The third-order valence-electron chi connectivity index (χ3n) is 4.64. The minimum atomic E-state index is -5.25. The number of rotatable bonds is 5. The first-order valence-corrected chi connectivity index (χ1v) is 10.6. The lowest BCUT2D eigenvalue weighted by atomic mass is 10.1. The van der Waals surface area contributed by atoms with Crippen LogP contribution in [0.3, 0.4) is 0 Å². The van der Waals surface area contributed by atoms with Crippen molar-refractivity contribution in [2.75, 3.05) is 26.7 Å². The molecule has 0 unspecified atom stereocenters. The lowest BCUT2D eigenvalue weighted by molar-refractivity contribution is -0.0494. The van der Waals surface area contributed by atoms with E-state index in [1.807, 2.05) is 0 Å². The van der Waals surface area contributed by atoms with Gasteiger partial charge in [0, 0.05) is 32.7 Å². The molecule has 2 N–H and O–H groups in total. The van der Waals surface area contributed by atoms with Crippen molar-refractivity contribution in [1.29, 1.82) is 0 Å². The van der Waals surface area contributed by atoms with E-state index in [9.17, 15) is 21.6 Å². The minimum Gasteiger partial charge on any atom is -0.356 e. The summed E-state index contributed by atoms with van der Waals surface area (Å²) in [5.41, 5.74) is -1.62. The van der Waals surface area contributed by atoms with Gasteiger partial charge in [0.2, 0.25) is 0 Å². The van der Waals surface area contributed by atoms with Crippen molar-refractivity contribution in [1.82, 2.24) is 14.9 Å². The summed E-state index contributed by atoms with van der Waals surface area (Å²) in [6.07, 6.45) is 1.38. The van der Waals surface area contributed by atoms with E-state index in [0.717, 1.165) is 6.42 Å². The molecule has 11 heteroatoms. The Hall–Kier alpha value is -1.08. The summed E-state index contributed by atoms with van der Waals surface area (Å²) < 4.78 is 61.3. The largest absolute Gasteiger partial charge is 0.511 e. The highest BCUT2D eigenvalue weighted by molar-refractivity contribution is 14.0. The normalized spacial score (nSPS) is 17.0. The van der Waals surface area contributed by atoms with Crippen molar-refractivity contribution in [3.63, 3.8) is 0 Å². The van der Waals surface area contributed by atoms with E-state index in [-0.39, 0.29) is 55.9 Å². The zero-order valence-electron chi connectivity index (χ0n) is 16.7. The molecule has 0 radical (unpaired) electrons. The van der Waals surface area contributed by atoms with E-state index >= 15 is 0 Å². The molecule has 0 atom stereocenters. The van der Waals surface area contributed by atoms with Gasteiger partial charge in [-0.05, 0) is 38.7 Å². The molecule has 1 aliphatic rings. The number of aryl methyl sites for hydroxylation is 2. The zero-order chi connectivity index (χ0) is 20.9. The Bertz CT molecular complexity index is 788. The molecule has 1 saturated heterocycles. The average Bonchev–Trinajstić information content (AvgIpc) is 2.59. The number of piperidine rings is 1. The van der Waals surface area contributed by atoms with Crippen molar-refractivity contribution in [3.8, 4) is 0 Å². The van der Waals surface area contributed by atoms with Gasteiger partial charge in [-0.3, -0.25) is 4.99 Å². The minimum absolute atomic E-state index is 0. The van der Waals surface area contributed by atoms with Gasteiger partial charge in [0.25, 0.3) is 0 Å². The standard InChI is InChI=1S/C18H27F3N4O2S.HI/c1-13-10-14(2)12-15(11-13)4-7-23-17(22-3)24-16-5-8-25(9-6-16)28(26,27)18(19,20)21;/h10-12,16H,4-9H2,1-3H3,(H2,22,23,24);1H. The predicted octanol–water partition coefficient (Wildman–Crippen LogP) is 2.94. The van der Waals surface area contributed by atoms with Crippen molar-refractivity contribution in [2.24, 2.45) is 4.99 Å². The first kappa shape index (κ1) is 26.0. The first-order chi connectivity index (χ1) is 13.0. The van der Waals surface area contributed by atoms with Crippen molar-refractivity contribution < 1.29 is 21.6 Å². The predicted molar refractivity (Wildman–Crippen MR) is 119 cm³/mol. The number of hydrogen-bond acceptors (Lipinski definition) is 3. The third kappa shape index (κ3) is 7.28. The molecule has 0 bridgehead atoms. The summed E-state index contributed by atoms with van der Waals surface area (Å²) in [6.45, 7) is 4.42. The van der Waals surface area contributed by atoms with Gasteiger partial charge in [0.15, 0.2) is 5.96 Å². The number of alkyl halides is 3. The molecular weight excluding hydrogens is 520 g/mol. The molecule has 1 aromatic rings. The van der Waals surface area contributed by atoms with Gasteiger partial charge in [0.05, 0.1) is 0 Å². The highest BCUT2D eigenvalue weighted by atomic mass is 127. The maximum absolute atomic E-state index is 12.6. The quantitative estimate of drug-likeness (QED) is 0.337. The maximum atomic E-state index is 12.6. The van der Waals surface area contributed by atoms with Gasteiger partial charge < -0.3 is 10.6 Å². The summed E-state index contributed by atoms with van der Waals surface area (Å²) in [5.74, 6) is 0.557. The van der Waals surface area contributed by atoms with Crippen molar-refractivity contribution in [3.05, 3.63) is 34.9 Å². The van der Waals surface area contributed by atoms with Gasteiger partial charge in [-0.2, -0.15) is 17.5 Å². The van der Waals surface area contributed by atoms with Crippen LogP contribution in [0.25, 0.3) is 0 Å². The fourth-order valence-corrected chi connectivity index (χ4v) is 4.30. The van der Waals surface area contributed by atoms with Crippen LogP contribution in [0, 0.1) is 13.8 Å². The number of sulfonamides is 1. The Labute approximate surface area is 187 Å². The number of nitrogens with one attached hydrogen (secondary N) is 2. The Morgan fingerprint density at radius 1 is 1.17 bits per heavy atom. The molecular formula is C18H28F3IN4O2S. The van der Waals surface area contributed by atoms with Gasteiger partial charge in [0.1, 0.15) is 0 Å². The van der Waals surface area contributed by atoms with E-state index < -0.39 is 15.5 Å². The van der Waals surface area contributed by atoms with Gasteiger partial charge in [-0.15, -0.1) is 24.0 Å². The molecule has 1 heterocycles. The van der Waals surface area contributed by atoms with Crippen LogP contribution < -0.4 is 10.6 Å². The number of aliphatic imine (C=N–C) groups is 1. The summed E-state index contributed by atoms with van der Waals surface area (Å²) in [4.78, 5) is 4.14. The lowest BCUT2D eigenvalue weighted by Crippen LogP contribution is -2.51. The second-order valence-corrected chi connectivity index (χ2v) is 8.94. The molecule has 0 saturated carbocycles. The topological polar surface area (TPSA) is 73.8 Å². The highest BCUT2D eigenvalue weighted by Crippen LogP contribution is 2.28. The summed E-state index contributed by atoms with van der Waals surface area (Å²) >= 11 is 0. The molecule has 0 spiro atoms. The van der Waals surface area contributed by atoms with Crippen LogP contribution in [0.2, 0.25) is 0 Å². The number of nitrogens with zero attached hydrogens (tertiary/aromatic N) is 2. The smallest absolute Gasteiger partial charge is 0.356 e. The highest BCUT2D eigenvalue weighted by Gasteiger charge is 2.50. The second kappa shape index (κ2) is 10.8. The lowest BCUT2D eigenvalue weighted by Gasteiger charge is -2.32. The molecule has 1 fully saturated rings. The van der Waals surface area contributed by atoms with Crippen LogP contribution >= 0.6 is 24.0 Å². The average molecular weight is 548 g/mol. The van der Waals surface area contributed by atoms with Gasteiger partial charge in [-0.25, -0.2) is 8.42 Å². The van der Waals surface area contributed by atoms with Gasteiger partial charge >= 0.3 is 15.5 Å². The fraction of sp³-hybridized carbons (Fsp3) is 0.611. The fourth-order valence-electron chi connectivity index (χ4n) is 3.31. The zero-order valence-corrected chi connectivity index (χ0v) is 19.9. The summed E-state index contributed by atoms with van der Waals surface area (Å²) in [5, 5.41) is 6.36. The number of hydrogen-bond donors (Lipinski definition) is 2. The van der Waals surface area contributed by atoms with Crippen LogP contribution in [0.1, 0.15) is 29.5 Å². The summed E-state index contributed by atoms with van der Waals surface area (Å²) in [7, 11) is -3.63. The number of benzene rings is 1. The number of halogens is 4. The molecule has 1 aliphatic heterocycles. The molecule has 0 aliphatic carbocycles. The molecule has 0 amide bonds. The van der Waals surface area contributed by atoms with Crippen molar-refractivity contribution in [2.45, 2.75) is 44.7 Å². The molecule has 29 heavy (non-hydrogen) atoms. The molecule has 2 rings (SSSR count). The van der Waals surface area contributed by atoms with Crippen LogP contribution in [0.5, 0.6) is 0 Å². The molecule has 1 aromatic carbocycles. The monoisotopic (exact) mass is 548 g/mol. The van der Waals surface area contributed by atoms with Crippen LogP contribution in [0.4, 0.5) is 13.2 Å². The Kier molecular flexibility index (Phi) is 9.67. The molecule has 6 nitrogen and oxygen atoms in total. The van der Waals surface area contributed by atoms with Gasteiger partial charge in [-0.1, -0.05) is 29.3 Å². The number of guanidine groups is 1. The Balaban J connectivity index is 0.00000420. The second-order valence-electron chi connectivity index (χ2n) is 7.01. The van der Waals surface area contributed by atoms with E-state index in [4.69, 9.17) is 0 Å². The Morgan fingerprint density at radius 3 is 2.21 bits per heavy atom. The van der Waals surface area contributed by atoms with Crippen molar-refractivity contribution >= 4 is 40.0 Å². The van der Waals surface area contributed by atoms with E-state index in [0.29, 0.717) is 16.8 Å². The van der Waals surface area contributed by atoms with Crippen LogP contribution in [-0.2, 0) is 16.4 Å². The Morgan fingerprint density at radius 2 is 1.72 bits per heavy atom. The molecule has 166 valence electrons. The van der Waals surface area contributed by atoms with E-state index in [1.54, 1.807) is 7.05 Å². The van der Waals surface area contributed by atoms with Crippen LogP contribution in [-0.4, -0.2) is 56.9 Å². The maximum Gasteiger partial charge on any atom is 0.511 e. The van der Waals surface area contributed by atoms with E-state index in [2.05, 4.69) is 47.7 Å². The summed E-state index contributed by atoms with van der Waals surface area (Å²) in [6, 6.07) is 6.23. The molecule has 0 aromatic heterocycles.